The van der Waals surface area contributed by atoms with E-state index in [4.69, 9.17) is 0 Å². The van der Waals surface area contributed by atoms with Gasteiger partial charge in [-0.1, -0.05) is 29.8 Å². The van der Waals surface area contributed by atoms with Crippen LogP contribution in [0.1, 0.15) is 36.2 Å². The number of urea groups is 2. The number of benzene rings is 1. The number of carbonyl (C=O) groups excluding carboxylic acids is 2. The predicted molar refractivity (Wildman–Crippen MR) is 99.8 cm³/mol. The minimum absolute atomic E-state index is 0.0221. The molecule has 3 N–H and O–H groups in total. The molecular formula is C19H24N6O2. The summed E-state index contributed by atoms with van der Waals surface area (Å²) < 4.78 is 1.92. The van der Waals surface area contributed by atoms with Crippen LogP contribution in [-0.4, -0.2) is 39.1 Å². The molecule has 1 aromatic carbocycles. The van der Waals surface area contributed by atoms with Crippen molar-refractivity contribution in [2.45, 2.75) is 51.6 Å². The Balaban J connectivity index is 1.40. The quantitative estimate of drug-likeness (QED) is 0.768. The molecule has 0 spiro atoms. The first-order valence-corrected chi connectivity index (χ1v) is 9.25. The van der Waals surface area contributed by atoms with Crippen LogP contribution < -0.4 is 16.0 Å². The van der Waals surface area contributed by atoms with Gasteiger partial charge in [-0.25, -0.2) is 14.5 Å². The summed E-state index contributed by atoms with van der Waals surface area (Å²) in [6.45, 7) is 4.74. The molecule has 2 aromatic rings. The van der Waals surface area contributed by atoms with E-state index in [1.54, 1.807) is 6.20 Å². The molecule has 1 unspecified atom stereocenters. The molecular weight excluding hydrogens is 344 g/mol. The summed E-state index contributed by atoms with van der Waals surface area (Å²) in [7, 11) is 0. The lowest BCUT2D eigenvalue weighted by molar-refractivity contribution is 0.132. The van der Waals surface area contributed by atoms with Gasteiger partial charge in [-0.3, -0.25) is 10.00 Å². The Hall–Kier alpha value is -2.87. The average molecular weight is 368 g/mol. The van der Waals surface area contributed by atoms with Crippen LogP contribution in [-0.2, 0) is 13.0 Å². The molecule has 0 bridgehead atoms. The first-order chi connectivity index (χ1) is 13.0. The maximum atomic E-state index is 12.6. The van der Waals surface area contributed by atoms with Crippen LogP contribution in [0.3, 0.4) is 0 Å². The molecule has 8 heteroatoms. The fourth-order valence-electron chi connectivity index (χ4n) is 3.78. The van der Waals surface area contributed by atoms with Gasteiger partial charge in [0.2, 0.25) is 0 Å². The summed E-state index contributed by atoms with van der Waals surface area (Å²) in [6.07, 6.45) is 2.47. The van der Waals surface area contributed by atoms with E-state index < -0.39 is 6.29 Å². The van der Waals surface area contributed by atoms with Crippen LogP contribution in [0.5, 0.6) is 0 Å². The highest BCUT2D eigenvalue weighted by Crippen LogP contribution is 2.21. The summed E-state index contributed by atoms with van der Waals surface area (Å²) in [5, 5.41) is 13.2. The van der Waals surface area contributed by atoms with Crippen molar-refractivity contribution in [3.8, 4) is 0 Å². The largest absolute Gasteiger partial charge is 0.328 e. The van der Waals surface area contributed by atoms with Gasteiger partial charge >= 0.3 is 12.1 Å². The molecule has 0 saturated carbocycles. The molecule has 4 rings (SSSR count). The SMILES string of the molecule is Cc1cccc([C@H](C)NC2NC(=O)N(C3CCn4nccc4C3)C(=O)N2)c1. The van der Waals surface area contributed by atoms with E-state index in [0.717, 1.165) is 11.3 Å². The molecule has 0 radical (unpaired) electrons. The zero-order valence-electron chi connectivity index (χ0n) is 15.5. The molecule has 2 aliphatic rings. The molecule has 1 fully saturated rings. The molecule has 8 nitrogen and oxygen atoms in total. The topological polar surface area (TPSA) is 91.3 Å². The Morgan fingerprint density at radius 1 is 1.22 bits per heavy atom. The minimum Gasteiger partial charge on any atom is -0.304 e. The van der Waals surface area contributed by atoms with Crippen molar-refractivity contribution in [1.82, 2.24) is 30.6 Å². The molecule has 1 aromatic heterocycles. The number of fused-ring (bicyclic) bond motifs is 1. The smallest absolute Gasteiger partial charge is 0.304 e. The number of aryl methyl sites for hydroxylation is 2. The first-order valence-electron chi connectivity index (χ1n) is 9.25. The van der Waals surface area contributed by atoms with Gasteiger partial charge in [-0.2, -0.15) is 5.10 Å². The third-order valence-corrected chi connectivity index (χ3v) is 5.22. The van der Waals surface area contributed by atoms with Gasteiger partial charge in [0, 0.05) is 30.9 Å². The highest BCUT2D eigenvalue weighted by molar-refractivity contribution is 5.96. The fraction of sp³-hybridized carbons (Fsp3) is 0.421. The van der Waals surface area contributed by atoms with E-state index in [1.807, 2.05) is 42.8 Å². The van der Waals surface area contributed by atoms with Crippen molar-refractivity contribution in [1.29, 1.82) is 0 Å². The second-order valence-corrected chi connectivity index (χ2v) is 7.20. The number of aromatic nitrogens is 2. The van der Waals surface area contributed by atoms with Crippen molar-refractivity contribution in [2.24, 2.45) is 0 Å². The number of amides is 4. The third-order valence-electron chi connectivity index (χ3n) is 5.22. The van der Waals surface area contributed by atoms with Crippen molar-refractivity contribution in [2.75, 3.05) is 0 Å². The van der Waals surface area contributed by atoms with Gasteiger partial charge in [0.1, 0.15) is 0 Å². The molecule has 142 valence electrons. The number of hydrogen-bond donors (Lipinski definition) is 3. The van der Waals surface area contributed by atoms with Crippen LogP contribution in [0.2, 0.25) is 0 Å². The van der Waals surface area contributed by atoms with E-state index in [-0.39, 0.29) is 24.1 Å². The second kappa shape index (κ2) is 7.03. The summed E-state index contributed by atoms with van der Waals surface area (Å²) in [6, 6.07) is 9.15. The van der Waals surface area contributed by atoms with Crippen molar-refractivity contribution >= 4 is 12.1 Å². The van der Waals surface area contributed by atoms with E-state index in [9.17, 15) is 9.59 Å². The zero-order valence-corrected chi connectivity index (χ0v) is 15.5. The van der Waals surface area contributed by atoms with Gasteiger partial charge in [0.05, 0.1) is 6.04 Å². The maximum Gasteiger partial charge on any atom is 0.328 e. The Kier molecular flexibility index (Phi) is 4.57. The van der Waals surface area contributed by atoms with E-state index in [0.29, 0.717) is 19.4 Å². The Labute approximate surface area is 157 Å². The Morgan fingerprint density at radius 2 is 2.00 bits per heavy atom. The monoisotopic (exact) mass is 368 g/mol. The summed E-state index contributed by atoms with van der Waals surface area (Å²) >= 11 is 0. The summed E-state index contributed by atoms with van der Waals surface area (Å²) in [5.74, 6) is 0. The molecule has 0 aliphatic carbocycles. The first kappa shape index (κ1) is 17.5. The van der Waals surface area contributed by atoms with E-state index >= 15 is 0 Å². The lowest BCUT2D eigenvalue weighted by atomic mass is 10.0. The lowest BCUT2D eigenvalue weighted by Crippen LogP contribution is -2.70. The van der Waals surface area contributed by atoms with E-state index in [2.05, 4.69) is 27.1 Å². The number of rotatable bonds is 4. The van der Waals surface area contributed by atoms with Crippen LogP contribution in [0.15, 0.2) is 36.5 Å². The van der Waals surface area contributed by atoms with Gasteiger partial charge in [-0.15, -0.1) is 0 Å². The third kappa shape index (κ3) is 3.52. The zero-order chi connectivity index (χ0) is 19.0. The molecule has 4 amide bonds. The standard InChI is InChI=1S/C19H24N6O2/c1-12-4-3-5-14(10-12)13(2)21-17-22-18(26)25(19(27)23-17)16-7-9-24-15(11-16)6-8-20-24/h3-6,8,10,13,16-17,21H,7,9,11H2,1-2H3,(H,22,26)(H,23,27)/t13-,16?/m0/s1. The van der Waals surface area contributed by atoms with Crippen molar-refractivity contribution in [3.05, 3.63) is 53.3 Å². The van der Waals surface area contributed by atoms with Gasteiger partial charge in [-0.05, 0) is 31.9 Å². The van der Waals surface area contributed by atoms with Gasteiger partial charge < -0.3 is 10.6 Å². The Bertz CT molecular complexity index is 845. The second-order valence-electron chi connectivity index (χ2n) is 7.20. The molecule has 3 heterocycles. The average Bonchev–Trinajstić information content (AvgIpc) is 3.09. The van der Waals surface area contributed by atoms with Gasteiger partial charge in [0.25, 0.3) is 0 Å². The number of imide groups is 1. The number of carbonyl (C=O) groups is 2. The highest BCUT2D eigenvalue weighted by atomic mass is 16.2. The van der Waals surface area contributed by atoms with Gasteiger partial charge in [0.15, 0.2) is 6.29 Å². The van der Waals surface area contributed by atoms with Crippen LogP contribution in [0, 0.1) is 6.92 Å². The maximum absolute atomic E-state index is 12.6. The molecule has 2 aliphatic heterocycles. The van der Waals surface area contributed by atoms with Crippen LogP contribution in [0.25, 0.3) is 0 Å². The number of hydrogen-bond acceptors (Lipinski definition) is 4. The fourth-order valence-corrected chi connectivity index (χ4v) is 3.78. The molecule has 1 saturated heterocycles. The lowest BCUT2D eigenvalue weighted by Gasteiger charge is -2.39. The minimum atomic E-state index is -0.606. The molecule has 2 atom stereocenters. The summed E-state index contributed by atoms with van der Waals surface area (Å²) in [4.78, 5) is 26.6. The molecule has 27 heavy (non-hydrogen) atoms. The van der Waals surface area contributed by atoms with Crippen molar-refractivity contribution < 1.29 is 9.59 Å². The Morgan fingerprint density at radius 3 is 2.74 bits per heavy atom. The van der Waals surface area contributed by atoms with Crippen LogP contribution >= 0.6 is 0 Å². The van der Waals surface area contributed by atoms with E-state index in [1.165, 1.54) is 10.5 Å². The summed E-state index contributed by atoms with van der Waals surface area (Å²) in [5.41, 5.74) is 3.31. The predicted octanol–water partition coefficient (Wildman–Crippen LogP) is 1.88. The normalized spacial score (nSPS) is 21.4. The number of nitrogens with one attached hydrogen (secondary N) is 3. The highest BCUT2D eigenvalue weighted by Gasteiger charge is 2.38. The van der Waals surface area contributed by atoms with Crippen LogP contribution in [0.4, 0.5) is 9.59 Å². The van der Waals surface area contributed by atoms with Crippen molar-refractivity contribution in [3.63, 3.8) is 0 Å². The number of nitrogens with zero attached hydrogens (tertiary/aromatic N) is 3.